The summed E-state index contributed by atoms with van der Waals surface area (Å²) in [5.74, 6) is 0. The van der Waals surface area contributed by atoms with Gasteiger partial charge < -0.3 is 10.2 Å². The van der Waals surface area contributed by atoms with Crippen molar-refractivity contribution in [1.29, 1.82) is 0 Å². The van der Waals surface area contributed by atoms with Crippen LogP contribution in [0.15, 0.2) is 36.7 Å². The van der Waals surface area contributed by atoms with Gasteiger partial charge in [-0.05, 0) is 30.9 Å². The van der Waals surface area contributed by atoms with Crippen molar-refractivity contribution in [2.75, 3.05) is 17.5 Å². The van der Waals surface area contributed by atoms with Gasteiger partial charge in [-0.15, -0.1) is 0 Å². The number of carbonyl (C=O) groups is 1. The van der Waals surface area contributed by atoms with E-state index in [0.29, 0.717) is 17.8 Å². The maximum Gasteiger partial charge on any atom is 0.318 e. The number of urea groups is 1. The van der Waals surface area contributed by atoms with Gasteiger partial charge in [0.2, 0.25) is 10.0 Å². The van der Waals surface area contributed by atoms with Crippen LogP contribution in [0, 0.1) is 0 Å². The number of sulfonamides is 1. The van der Waals surface area contributed by atoms with Gasteiger partial charge in [-0.2, -0.15) is 5.10 Å². The van der Waals surface area contributed by atoms with Crippen LogP contribution >= 0.6 is 0 Å². The molecule has 3 rings (SSSR count). The molecule has 1 aliphatic heterocycles. The zero-order chi connectivity index (χ0) is 19.4. The quantitative estimate of drug-likeness (QED) is 0.817. The molecule has 2 amide bonds. The molecule has 146 valence electrons. The first-order valence-electron chi connectivity index (χ1n) is 8.92. The van der Waals surface area contributed by atoms with Crippen LogP contribution in [0.5, 0.6) is 0 Å². The molecule has 9 heteroatoms. The van der Waals surface area contributed by atoms with Crippen molar-refractivity contribution in [2.45, 2.75) is 31.8 Å². The van der Waals surface area contributed by atoms with Gasteiger partial charge in [0, 0.05) is 31.9 Å². The lowest BCUT2D eigenvalue weighted by molar-refractivity contribution is 0.151. The van der Waals surface area contributed by atoms with E-state index in [1.807, 2.05) is 30.4 Å². The number of aromatic nitrogens is 2. The molecule has 0 bridgehead atoms. The van der Waals surface area contributed by atoms with Crippen molar-refractivity contribution in [3.8, 4) is 0 Å². The summed E-state index contributed by atoms with van der Waals surface area (Å²) in [5, 5.41) is 7.14. The van der Waals surface area contributed by atoms with Crippen LogP contribution in [0.2, 0.25) is 0 Å². The molecule has 1 aliphatic rings. The van der Waals surface area contributed by atoms with Crippen LogP contribution in [-0.2, 0) is 23.6 Å². The van der Waals surface area contributed by atoms with Gasteiger partial charge in [0.15, 0.2) is 0 Å². The lowest BCUT2D eigenvalue weighted by Gasteiger charge is -2.35. The molecular formula is C18H25N5O3S. The van der Waals surface area contributed by atoms with Crippen molar-refractivity contribution in [3.63, 3.8) is 0 Å². The molecule has 1 aromatic carbocycles. The predicted molar refractivity (Wildman–Crippen MR) is 104 cm³/mol. The third kappa shape index (κ3) is 5.00. The summed E-state index contributed by atoms with van der Waals surface area (Å²) in [6, 6.07) is 6.90. The normalized spacial score (nSPS) is 17.6. The number of rotatable bonds is 5. The van der Waals surface area contributed by atoms with Crippen LogP contribution in [0.3, 0.4) is 0 Å². The minimum Gasteiger partial charge on any atom is -0.334 e. The molecule has 0 spiro atoms. The van der Waals surface area contributed by atoms with Gasteiger partial charge in [0.25, 0.3) is 0 Å². The first-order valence-corrected chi connectivity index (χ1v) is 10.8. The molecule has 0 saturated carbocycles. The van der Waals surface area contributed by atoms with Gasteiger partial charge in [0.1, 0.15) is 0 Å². The molecule has 2 heterocycles. The van der Waals surface area contributed by atoms with Crippen LogP contribution < -0.4 is 10.0 Å². The molecule has 2 aromatic rings. The van der Waals surface area contributed by atoms with Crippen molar-refractivity contribution in [2.24, 2.45) is 7.05 Å². The van der Waals surface area contributed by atoms with Gasteiger partial charge in [-0.1, -0.05) is 18.2 Å². The topological polar surface area (TPSA) is 96.3 Å². The molecule has 1 atom stereocenters. The maximum atomic E-state index is 12.8. The van der Waals surface area contributed by atoms with E-state index in [9.17, 15) is 13.2 Å². The number of benzene rings is 1. The van der Waals surface area contributed by atoms with E-state index in [1.54, 1.807) is 22.9 Å². The Hall–Kier alpha value is -2.55. The van der Waals surface area contributed by atoms with Gasteiger partial charge >= 0.3 is 6.03 Å². The Morgan fingerprint density at radius 1 is 1.30 bits per heavy atom. The highest BCUT2D eigenvalue weighted by molar-refractivity contribution is 7.92. The van der Waals surface area contributed by atoms with E-state index in [-0.39, 0.29) is 18.6 Å². The summed E-state index contributed by atoms with van der Waals surface area (Å²) in [4.78, 5) is 14.6. The number of piperidine rings is 1. The highest BCUT2D eigenvalue weighted by atomic mass is 32.2. The Bertz CT molecular complexity index is 909. The number of nitrogens with zero attached hydrogens (tertiary/aromatic N) is 3. The summed E-state index contributed by atoms with van der Waals surface area (Å²) >= 11 is 0. The van der Waals surface area contributed by atoms with E-state index < -0.39 is 10.0 Å². The number of likely N-dealkylation sites (tertiary alicyclic amines) is 1. The van der Waals surface area contributed by atoms with E-state index in [1.165, 1.54) is 0 Å². The monoisotopic (exact) mass is 391 g/mol. The van der Waals surface area contributed by atoms with Crippen LogP contribution in [0.25, 0.3) is 0 Å². The number of hydrogen-bond donors (Lipinski definition) is 2. The van der Waals surface area contributed by atoms with Gasteiger partial charge in [-0.3, -0.25) is 9.40 Å². The zero-order valence-electron chi connectivity index (χ0n) is 15.6. The molecule has 27 heavy (non-hydrogen) atoms. The fourth-order valence-corrected chi connectivity index (χ4v) is 3.98. The smallest absolute Gasteiger partial charge is 0.318 e. The Labute approximate surface area is 159 Å². The van der Waals surface area contributed by atoms with Gasteiger partial charge in [0.05, 0.1) is 24.2 Å². The number of anilines is 1. The summed E-state index contributed by atoms with van der Waals surface area (Å²) in [6.45, 7) is 0.933. The molecule has 1 unspecified atom stereocenters. The molecule has 2 N–H and O–H groups in total. The lowest BCUT2D eigenvalue weighted by atomic mass is 9.98. The minimum atomic E-state index is -3.38. The third-order valence-corrected chi connectivity index (χ3v) is 5.21. The molecular weight excluding hydrogens is 366 g/mol. The predicted octanol–water partition coefficient (Wildman–Crippen LogP) is 2.23. The molecule has 1 aromatic heterocycles. The van der Waals surface area contributed by atoms with E-state index in [2.05, 4.69) is 15.1 Å². The Balaban J connectivity index is 1.70. The summed E-state index contributed by atoms with van der Waals surface area (Å²) < 4.78 is 27.3. The lowest BCUT2D eigenvalue weighted by Crippen LogP contribution is -2.44. The van der Waals surface area contributed by atoms with Crippen molar-refractivity contribution in [1.82, 2.24) is 20.0 Å². The number of nitrogens with one attached hydrogen (secondary N) is 2. The first-order chi connectivity index (χ1) is 12.8. The Morgan fingerprint density at radius 2 is 2.07 bits per heavy atom. The van der Waals surface area contributed by atoms with Crippen molar-refractivity contribution >= 4 is 21.7 Å². The minimum absolute atomic E-state index is 0.0110. The number of amides is 2. The molecule has 1 fully saturated rings. The number of hydrogen-bond acceptors (Lipinski definition) is 4. The summed E-state index contributed by atoms with van der Waals surface area (Å²) in [5.41, 5.74) is 2.22. The second-order valence-electron chi connectivity index (χ2n) is 6.84. The van der Waals surface area contributed by atoms with Crippen molar-refractivity contribution < 1.29 is 13.2 Å². The summed E-state index contributed by atoms with van der Waals surface area (Å²) in [6.07, 6.45) is 7.81. The standard InChI is InChI=1S/C18H25N5O3S/c1-22-13-15(12-20-22)17-9-5-6-10-23(17)18(24)19-11-14-7-3-4-8-16(14)21-27(2,25)26/h3-4,7-8,12-13,17,21H,5-6,9-11H2,1-2H3,(H,19,24). The van der Waals surface area contributed by atoms with E-state index >= 15 is 0 Å². The molecule has 0 aliphatic carbocycles. The van der Waals surface area contributed by atoms with Crippen LogP contribution in [0.4, 0.5) is 10.5 Å². The zero-order valence-corrected chi connectivity index (χ0v) is 16.4. The fraction of sp³-hybridized carbons (Fsp3) is 0.444. The van der Waals surface area contributed by atoms with Crippen molar-refractivity contribution in [3.05, 3.63) is 47.8 Å². The van der Waals surface area contributed by atoms with E-state index in [0.717, 1.165) is 31.1 Å². The maximum absolute atomic E-state index is 12.8. The SMILES string of the molecule is Cn1cc(C2CCCCN2C(=O)NCc2ccccc2NS(C)(=O)=O)cn1. The highest BCUT2D eigenvalue weighted by Crippen LogP contribution is 2.30. The largest absolute Gasteiger partial charge is 0.334 e. The van der Waals surface area contributed by atoms with Gasteiger partial charge in [-0.25, -0.2) is 13.2 Å². The average Bonchev–Trinajstić information content (AvgIpc) is 3.06. The molecule has 0 radical (unpaired) electrons. The second kappa shape index (κ2) is 7.99. The van der Waals surface area contributed by atoms with Crippen LogP contribution in [-0.4, -0.2) is 41.9 Å². The third-order valence-electron chi connectivity index (χ3n) is 4.62. The molecule has 1 saturated heterocycles. The van der Waals surface area contributed by atoms with Crippen LogP contribution in [0.1, 0.15) is 36.4 Å². The number of para-hydroxylation sites is 1. The number of aryl methyl sites for hydroxylation is 1. The second-order valence-corrected chi connectivity index (χ2v) is 8.59. The Kier molecular flexibility index (Phi) is 5.69. The fourth-order valence-electron chi connectivity index (χ4n) is 3.38. The number of carbonyl (C=O) groups excluding carboxylic acids is 1. The Morgan fingerprint density at radius 3 is 2.78 bits per heavy atom. The summed E-state index contributed by atoms with van der Waals surface area (Å²) in [7, 11) is -1.52. The molecule has 8 nitrogen and oxygen atoms in total. The highest BCUT2D eigenvalue weighted by Gasteiger charge is 2.28. The average molecular weight is 391 g/mol. The first kappa shape index (κ1) is 19.2. The van der Waals surface area contributed by atoms with E-state index in [4.69, 9.17) is 0 Å².